The van der Waals surface area contributed by atoms with Crippen LogP contribution in [-0.4, -0.2) is 33.1 Å². The predicted octanol–water partition coefficient (Wildman–Crippen LogP) is 1.65. The van der Waals surface area contributed by atoms with Crippen molar-refractivity contribution < 1.29 is 13.2 Å². The minimum atomic E-state index is -3.69. The molecule has 1 aliphatic rings. The molecule has 0 bridgehead atoms. The van der Waals surface area contributed by atoms with Crippen LogP contribution in [0.1, 0.15) is 12.8 Å². The molecule has 0 aromatic heterocycles. The van der Waals surface area contributed by atoms with E-state index in [0.29, 0.717) is 17.5 Å². The fourth-order valence-corrected chi connectivity index (χ4v) is 3.69. The van der Waals surface area contributed by atoms with Crippen LogP contribution in [-0.2, 0) is 10.0 Å². The molecule has 0 radical (unpaired) electrons. The van der Waals surface area contributed by atoms with Crippen molar-refractivity contribution in [3.63, 3.8) is 0 Å². The van der Waals surface area contributed by atoms with E-state index >= 15 is 0 Å². The van der Waals surface area contributed by atoms with E-state index in [0.717, 1.165) is 24.3 Å². The maximum absolute atomic E-state index is 11.4. The molecule has 5 nitrogen and oxygen atoms in total. The summed E-state index contributed by atoms with van der Waals surface area (Å²) in [6.45, 7) is 0. The number of anilines is 1. The van der Waals surface area contributed by atoms with Crippen LogP contribution in [0, 0.1) is 0 Å². The highest BCUT2D eigenvalue weighted by atomic mass is 32.2. The first-order valence-corrected chi connectivity index (χ1v) is 8.76. The fourth-order valence-electron chi connectivity index (χ4n) is 2.04. The maximum atomic E-state index is 11.4. The Hall–Kier alpha value is -0.920. The third kappa shape index (κ3) is 3.77. The minimum Gasteiger partial charge on any atom is -0.495 e. The number of thioether (sulfide) groups is 1. The zero-order chi connectivity index (χ0) is 13.9. The standard InChI is InChI=1S/C12H18N2O3S2/c1-17-12-3-2-10(19(13,15)16)8-11(12)14-9-4-6-18-7-5-9/h2-3,8-9,14H,4-7H2,1H3,(H2,13,15,16). The Bertz CT molecular complexity index is 540. The first-order valence-electron chi connectivity index (χ1n) is 6.06. The van der Waals surface area contributed by atoms with Crippen LogP contribution in [0.3, 0.4) is 0 Å². The number of hydrogen-bond acceptors (Lipinski definition) is 5. The van der Waals surface area contributed by atoms with Gasteiger partial charge in [0.05, 0.1) is 17.7 Å². The molecule has 1 heterocycles. The molecule has 0 amide bonds. The second-order valence-corrected chi connectivity index (χ2v) is 7.22. The molecule has 1 saturated heterocycles. The van der Waals surface area contributed by atoms with Crippen LogP contribution in [0.15, 0.2) is 23.1 Å². The van der Waals surface area contributed by atoms with Crippen molar-refractivity contribution >= 4 is 27.5 Å². The average molecular weight is 302 g/mol. The highest BCUT2D eigenvalue weighted by Gasteiger charge is 2.17. The summed E-state index contributed by atoms with van der Waals surface area (Å²) in [6, 6.07) is 4.97. The molecule has 2 rings (SSSR count). The number of ether oxygens (including phenoxy) is 1. The van der Waals surface area contributed by atoms with Gasteiger partial charge in [0.1, 0.15) is 5.75 Å². The molecule has 19 heavy (non-hydrogen) atoms. The largest absolute Gasteiger partial charge is 0.495 e. The second kappa shape index (κ2) is 6.02. The summed E-state index contributed by atoms with van der Waals surface area (Å²) >= 11 is 1.94. The first-order chi connectivity index (χ1) is 9.00. The van der Waals surface area contributed by atoms with Gasteiger partial charge in [-0.15, -0.1) is 0 Å². The first kappa shape index (κ1) is 14.5. The van der Waals surface area contributed by atoms with Crippen LogP contribution < -0.4 is 15.2 Å². The molecule has 106 valence electrons. The summed E-state index contributed by atoms with van der Waals surface area (Å²) in [5.74, 6) is 2.87. The lowest BCUT2D eigenvalue weighted by Crippen LogP contribution is -2.25. The van der Waals surface area contributed by atoms with Gasteiger partial charge in [-0.3, -0.25) is 0 Å². The van der Waals surface area contributed by atoms with Gasteiger partial charge in [-0.25, -0.2) is 13.6 Å². The van der Waals surface area contributed by atoms with E-state index in [1.54, 1.807) is 13.2 Å². The van der Waals surface area contributed by atoms with E-state index < -0.39 is 10.0 Å². The predicted molar refractivity (Wildman–Crippen MR) is 78.3 cm³/mol. The van der Waals surface area contributed by atoms with Crippen molar-refractivity contribution in [1.82, 2.24) is 0 Å². The van der Waals surface area contributed by atoms with Gasteiger partial charge in [0.25, 0.3) is 0 Å². The number of primary sulfonamides is 1. The van der Waals surface area contributed by atoms with Gasteiger partial charge in [0.15, 0.2) is 0 Å². The average Bonchev–Trinajstić information content (AvgIpc) is 2.39. The molecule has 0 unspecified atom stereocenters. The number of benzene rings is 1. The lowest BCUT2D eigenvalue weighted by molar-refractivity contribution is 0.415. The Kier molecular flexibility index (Phi) is 4.59. The number of nitrogens with two attached hydrogens (primary N) is 1. The van der Waals surface area contributed by atoms with E-state index in [2.05, 4.69) is 5.32 Å². The smallest absolute Gasteiger partial charge is 0.238 e. The van der Waals surface area contributed by atoms with Crippen LogP contribution in [0.5, 0.6) is 5.75 Å². The lowest BCUT2D eigenvalue weighted by atomic mass is 10.1. The third-order valence-electron chi connectivity index (χ3n) is 3.08. The van der Waals surface area contributed by atoms with Crippen molar-refractivity contribution in [2.75, 3.05) is 23.9 Å². The molecule has 7 heteroatoms. The molecule has 0 aliphatic carbocycles. The summed E-state index contributed by atoms with van der Waals surface area (Å²) in [5.41, 5.74) is 0.686. The summed E-state index contributed by atoms with van der Waals surface area (Å²) in [5, 5.41) is 8.51. The molecule has 1 aromatic rings. The van der Waals surface area contributed by atoms with Crippen molar-refractivity contribution in [1.29, 1.82) is 0 Å². The van der Waals surface area contributed by atoms with Gasteiger partial charge in [-0.1, -0.05) is 0 Å². The fraction of sp³-hybridized carbons (Fsp3) is 0.500. The Labute approximate surface area is 118 Å². The van der Waals surface area contributed by atoms with Gasteiger partial charge in [-0.05, 0) is 42.5 Å². The molecule has 1 fully saturated rings. The van der Waals surface area contributed by atoms with Gasteiger partial charge >= 0.3 is 0 Å². The van der Waals surface area contributed by atoms with E-state index in [1.165, 1.54) is 12.1 Å². The number of nitrogens with one attached hydrogen (secondary N) is 1. The quantitative estimate of drug-likeness (QED) is 0.884. The summed E-state index contributed by atoms with van der Waals surface area (Å²) < 4.78 is 28.0. The van der Waals surface area contributed by atoms with Crippen LogP contribution >= 0.6 is 11.8 Å². The Morgan fingerprint density at radius 3 is 2.63 bits per heavy atom. The Morgan fingerprint density at radius 2 is 2.05 bits per heavy atom. The SMILES string of the molecule is COc1ccc(S(N)(=O)=O)cc1NC1CCSCC1. The lowest BCUT2D eigenvalue weighted by Gasteiger charge is -2.24. The highest BCUT2D eigenvalue weighted by Crippen LogP contribution is 2.30. The zero-order valence-electron chi connectivity index (χ0n) is 10.8. The second-order valence-electron chi connectivity index (χ2n) is 4.44. The van der Waals surface area contributed by atoms with Crippen molar-refractivity contribution in [2.24, 2.45) is 5.14 Å². The molecular formula is C12H18N2O3S2. The van der Waals surface area contributed by atoms with Crippen LogP contribution in [0.2, 0.25) is 0 Å². The normalized spacial score (nSPS) is 17.2. The summed E-state index contributed by atoms with van der Waals surface area (Å²) in [7, 11) is -2.13. The van der Waals surface area contributed by atoms with Crippen LogP contribution in [0.25, 0.3) is 0 Å². The van der Waals surface area contributed by atoms with E-state index in [1.807, 2.05) is 11.8 Å². The Morgan fingerprint density at radius 1 is 1.37 bits per heavy atom. The zero-order valence-corrected chi connectivity index (χ0v) is 12.4. The number of hydrogen-bond donors (Lipinski definition) is 2. The van der Waals surface area contributed by atoms with Crippen LogP contribution in [0.4, 0.5) is 5.69 Å². The Balaban J connectivity index is 2.25. The maximum Gasteiger partial charge on any atom is 0.238 e. The molecule has 1 aromatic carbocycles. The topological polar surface area (TPSA) is 81.4 Å². The van der Waals surface area contributed by atoms with Crippen molar-refractivity contribution in [3.8, 4) is 5.75 Å². The molecule has 0 atom stereocenters. The molecule has 0 spiro atoms. The van der Waals surface area contributed by atoms with Crippen molar-refractivity contribution in [3.05, 3.63) is 18.2 Å². The third-order valence-corrected chi connectivity index (χ3v) is 5.04. The van der Waals surface area contributed by atoms with Gasteiger partial charge < -0.3 is 10.1 Å². The van der Waals surface area contributed by atoms with E-state index in [-0.39, 0.29) is 4.90 Å². The van der Waals surface area contributed by atoms with Gasteiger partial charge in [-0.2, -0.15) is 11.8 Å². The summed E-state index contributed by atoms with van der Waals surface area (Å²) in [6.07, 6.45) is 2.13. The van der Waals surface area contributed by atoms with Crippen molar-refractivity contribution in [2.45, 2.75) is 23.8 Å². The highest BCUT2D eigenvalue weighted by molar-refractivity contribution is 7.99. The number of rotatable bonds is 4. The van der Waals surface area contributed by atoms with Gasteiger partial charge in [0.2, 0.25) is 10.0 Å². The van der Waals surface area contributed by atoms with E-state index in [9.17, 15) is 8.42 Å². The van der Waals surface area contributed by atoms with E-state index in [4.69, 9.17) is 9.88 Å². The minimum absolute atomic E-state index is 0.0981. The number of methoxy groups -OCH3 is 1. The molecular weight excluding hydrogens is 284 g/mol. The molecule has 1 aliphatic heterocycles. The monoisotopic (exact) mass is 302 g/mol. The van der Waals surface area contributed by atoms with Gasteiger partial charge in [0, 0.05) is 6.04 Å². The molecule has 0 saturated carbocycles. The summed E-state index contributed by atoms with van der Waals surface area (Å²) in [4.78, 5) is 0.0981. The number of sulfonamides is 1. The molecule has 3 N–H and O–H groups in total.